The van der Waals surface area contributed by atoms with Gasteiger partial charge in [-0.1, -0.05) is 37.8 Å². The average Bonchev–Trinajstić information content (AvgIpc) is 2.64. The van der Waals surface area contributed by atoms with Crippen molar-refractivity contribution in [3.8, 4) is 0 Å². The lowest BCUT2D eigenvalue weighted by Gasteiger charge is -2.25. The number of nitrogen functional groups attached to an aromatic ring is 1. The molecule has 1 aliphatic carbocycles. The standard InChI is InChI=1S/C17H22N2O2/c18-14-7-5-13(6-8-14)12-19-15(20)11-17(16(19)21)9-3-1-2-4-10-17/h5-8H,1-4,9-12,18H2. The molecule has 1 aliphatic heterocycles. The van der Waals surface area contributed by atoms with Crippen LogP contribution in [0.1, 0.15) is 50.5 Å². The van der Waals surface area contributed by atoms with Gasteiger partial charge in [-0.2, -0.15) is 0 Å². The van der Waals surface area contributed by atoms with Crippen LogP contribution in [0.5, 0.6) is 0 Å². The van der Waals surface area contributed by atoms with Crippen LogP contribution in [0.4, 0.5) is 5.69 Å². The first-order chi connectivity index (χ1) is 10.1. The van der Waals surface area contributed by atoms with Gasteiger partial charge in [-0.15, -0.1) is 0 Å². The predicted octanol–water partition coefficient (Wildman–Crippen LogP) is 2.87. The summed E-state index contributed by atoms with van der Waals surface area (Å²) in [4.78, 5) is 26.6. The third kappa shape index (κ3) is 2.67. The van der Waals surface area contributed by atoms with Crippen molar-refractivity contribution < 1.29 is 9.59 Å². The van der Waals surface area contributed by atoms with Gasteiger partial charge < -0.3 is 5.73 Å². The normalized spacial score (nSPS) is 21.8. The molecule has 2 amide bonds. The molecule has 1 spiro atoms. The van der Waals surface area contributed by atoms with Crippen LogP contribution < -0.4 is 5.73 Å². The van der Waals surface area contributed by atoms with Crippen LogP contribution in [0.3, 0.4) is 0 Å². The Morgan fingerprint density at radius 3 is 2.24 bits per heavy atom. The number of rotatable bonds is 2. The minimum atomic E-state index is -0.401. The molecule has 0 atom stereocenters. The molecule has 4 heteroatoms. The van der Waals surface area contributed by atoms with Gasteiger partial charge in [0.25, 0.3) is 0 Å². The van der Waals surface area contributed by atoms with E-state index in [-0.39, 0.29) is 11.8 Å². The molecule has 2 aliphatic rings. The quantitative estimate of drug-likeness (QED) is 0.671. The van der Waals surface area contributed by atoms with Gasteiger partial charge in [0.15, 0.2) is 0 Å². The van der Waals surface area contributed by atoms with Crippen LogP contribution in [-0.4, -0.2) is 16.7 Å². The number of nitrogens with two attached hydrogens (primary N) is 1. The van der Waals surface area contributed by atoms with Crippen molar-refractivity contribution in [2.24, 2.45) is 5.41 Å². The van der Waals surface area contributed by atoms with E-state index in [1.54, 1.807) is 0 Å². The Bertz CT molecular complexity index is 542. The molecular formula is C17H22N2O2. The molecule has 2 fully saturated rings. The van der Waals surface area contributed by atoms with Crippen LogP contribution in [0.25, 0.3) is 0 Å². The van der Waals surface area contributed by atoms with Crippen LogP contribution in [0, 0.1) is 5.41 Å². The molecule has 0 radical (unpaired) electrons. The van der Waals surface area contributed by atoms with Crippen molar-refractivity contribution in [2.75, 3.05) is 5.73 Å². The molecule has 21 heavy (non-hydrogen) atoms. The monoisotopic (exact) mass is 286 g/mol. The highest BCUT2D eigenvalue weighted by atomic mass is 16.2. The van der Waals surface area contributed by atoms with E-state index in [0.29, 0.717) is 18.7 Å². The van der Waals surface area contributed by atoms with Gasteiger partial charge in [-0.05, 0) is 30.5 Å². The highest BCUT2D eigenvalue weighted by Crippen LogP contribution is 2.44. The van der Waals surface area contributed by atoms with Crippen molar-refractivity contribution in [3.63, 3.8) is 0 Å². The van der Waals surface area contributed by atoms with E-state index in [9.17, 15) is 9.59 Å². The van der Waals surface area contributed by atoms with Crippen molar-refractivity contribution in [3.05, 3.63) is 29.8 Å². The molecule has 1 aromatic rings. The number of anilines is 1. The van der Waals surface area contributed by atoms with Crippen molar-refractivity contribution in [1.29, 1.82) is 0 Å². The zero-order valence-electron chi connectivity index (χ0n) is 12.3. The second-order valence-corrected chi connectivity index (χ2v) is 6.40. The lowest BCUT2D eigenvalue weighted by atomic mass is 9.79. The number of carbonyl (C=O) groups is 2. The molecule has 3 rings (SSSR count). The molecule has 1 saturated heterocycles. The Morgan fingerprint density at radius 2 is 1.62 bits per heavy atom. The first-order valence-corrected chi connectivity index (χ1v) is 7.80. The number of hydrogen-bond donors (Lipinski definition) is 1. The van der Waals surface area contributed by atoms with Gasteiger partial charge in [-0.25, -0.2) is 0 Å². The van der Waals surface area contributed by atoms with Crippen molar-refractivity contribution >= 4 is 17.5 Å². The fourth-order valence-electron chi connectivity index (χ4n) is 3.62. The maximum absolute atomic E-state index is 12.8. The second kappa shape index (κ2) is 5.51. The van der Waals surface area contributed by atoms with Crippen LogP contribution in [0.15, 0.2) is 24.3 Å². The van der Waals surface area contributed by atoms with Gasteiger partial charge in [0.2, 0.25) is 11.8 Å². The van der Waals surface area contributed by atoms with Crippen LogP contribution >= 0.6 is 0 Å². The second-order valence-electron chi connectivity index (χ2n) is 6.40. The van der Waals surface area contributed by atoms with E-state index >= 15 is 0 Å². The molecule has 1 aromatic carbocycles. The summed E-state index contributed by atoms with van der Waals surface area (Å²) >= 11 is 0. The van der Waals surface area contributed by atoms with E-state index in [0.717, 1.165) is 31.2 Å². The molecule has 2 N–H and O–H groups in total. The summed E-state index contributed by atoms with van der Waals surface area (Å²) in [5, 5.41) is 0. The first-order valence-electron chi connectivity index (χ1n) is 7.80. The third-order valence-corrected chi connectivity index (χ3v) is 4.87. The van der Waals surface area contributed by atoms with Crippen LogP contribution in [0.2, 0.25) is 0 Å². The fraction of sp³-hybridized carbons (Fsp3) is 0.529. The zero-order valence-corrected chi connectivity index (χ0v) is 12.3. The van der Waals surface area contributed by atoms with E-state index < -0.39 is 5.41 Å². The number of hydrogen-bond acceptors (Lipinski definition) is 3. The predicted molar refractivity (Wildman–Crippen MR) is 81.2 cm³/mol. The maximum Gasteiger partial charge on any atom is 0.236 e. The van der Waals surface area contributed by atoms with Gasteiger partial charge in [0.05, 0.1) is 12.0 Å². The number of nitrogens with zero attached hydrogens (tertiary/aromatic N) is 1. The summed E-state index contributed by atoms with van der Waals surface area (Å²) in [6.45, 7) is 0.375. The topological polar surface area (TPSA) is 63.4 Å². The Hall–Kier alpha value is -1.84. The van der Waals surface area contributed by atoms with Crippen LogP contribution in [-0.2, 0) is 16.1 Å². The third-order valence-electron chi connectivity index (χ3n) is 4.87. The van der Waals surface area contributed by atoms with E-state index in [1.807, 2.05) is 24.3 Å². The first kappa shape index (κ1) is 14.1. The summed E-state index contributed by atoms with van der Waals surface area (Å²) in [5.74, 6) is 0.0324. The summed E-state index contributed by atoms with van der Waals surface area (Å²) in [5.41, 5.74) is 6.92. The molecule has 1 heterocycles. The summed E-state index contributed by atoms with van der Waals surface area (Å²) < 4.78 is 0. The summed E-state index contributed by atoms with van der Waals surface area (Å²) in [6.07, 6.45) is 6.64. The molecular weight excluding hydrogens is 264 g/mol. The minimum absolute atomic E-state index is 0.0151. The Morgan fingerprint density at radius 1 is 1.00 bits per heavy atom. The van der Waals surface area contributed by atoms with E-state index in [2.05, 4.69) is 0 Å². The van der Waals surface area contributed by atoms with Crippen molar-refractivity contribution in [1.82, 2.24) is 4.90 Å². The van der Waals surface area contributed by atoms with E-state index in [4.69, 9.17) is 5.73 Å². The SMILES string of the molecule is Nc1ccc(CN2C(=O)CC3(CCCCCC3)C2=O)cc1. The van der Waals surface area contributed by atoms with E-state index in [1.165, 1.54) is 17.7 Å². The number of imide groups is 1. The summed E-state index contributed by atoms with van der Waals surface area (Å²) in [7, 11) is 0. The van der Waals surface area contributed by atoms with Gasteiger partial charge >= 0.3 is 0 Å². The van der Waals surface area contributed by atoms with Gasteiger partial charge in [0, 0.05) is 12.1 Å². The Kier molecular flexibility index (Phi) is 3.70. The maximum atomic E-state index is 12.8. The Labute approximate surface area is 125 Å². The Balaban J connectivity index is 1.78. The number of carbonyl (C=O) groups excluding carboxylic acids is 2. The highest BCUT2D eigenvalue weighted by molar-refractivity contribution is 6.05. The molecule has 112 valence electrons. The number of amides is 2. The summed E-state index contributed by atoms with van der Waals surface area (Å²) in [6, 6.07) is 7.38. The number of likely N-dealkylation sites (tertiary alicyclic amines) is 1. The molecule has 0 unspecified atom stereocenters. The fourth-order valence-corrected chi connectivity index (χ4v) is 3.62. The largest absolute Gasteiger partial charge is 0.399 e. The zero-order chi connectivity index (χ0) is 14.9. The average molecular weight is 286 g/mol. The molecule has 1 saturated carbocycles. The van der Waals surface area contributed by atoms with Crippen molar-refractivity contribution in [2.45, 2.75) is 51.5 Å². The number of benzene rings is 1. The molecule has 0 aromatic heterocycles. The lowest BCUT2D eigenvalue weighted by molar-refractivity contribution is -0.142. The smallest absolute Gasteiger partial charge is 0.236 e. The lowest BCUT2D eigenvalue weighted by Crippen LogP contribution is -2.35. The van der Waals surface area contributed by atoms with Gasteiger partial charge in [0.1, 0.15) is 0 Å². The molecule has 4 nitrogen and oxygen atoms in total. The highest BCUT2D eigenvalue weighted by Gasteiger charge is 2.50. The minimum Gasteiger partial charge on any atom is -0.399 e. The molecule has 0 bridgehead atoms. The van der Waals surface area contributed by atoms with Gasteiger partial charge in [-0.3, -0.25) is 14.5 Å².